The Hall–Kier alpha value is -0.940. The third-order valence-electron chi connectivity index (χ3n) is 2.09. The third-order valence-corrected chi connectivity index (χ3v) is 2.53. The smallest absolute Gasteiger partial charge is 0.327 e. The number of rotatable bonds is 5. The number of carbonyl (C=O) groups excluding carboxylic acids is 1. The lowest BCUT2D eigenvalue weighted by Gasteiger charge is -2.16. The fraction of sp³-hybridized carbons (Fsp3) is 0.455. The molecule has 0 radical (unpaired) electrons. The van der Waals surface area contributed by atoms with Crippen molar-refractivity contribution in [3.8, 4) is 0 Å². The Balaban J connectivity index is 2.87. The highest BCUT2D eigenvalue weighted by atomic mass is 79.9. The number of esters is 1. The number of aromatic nitrogens is 1. The Labute approximate surface area is 104 Å². The summed E-state index contributed by atoms with van der Waals surface area (Å²) in [4.78, 5) is 15.6. The van der Waals surface area contributed by atoms with Gasteiger partial charge in [0.25, 0.3) is 0 Å². The van der Waals surface area contributed by atoms with Crippen molar-refractivity contribution in [3.63, 3.8) is 0 Å². The van der Waals surface area contributed by atoms with Crippen molar-refractivity contribution >= 4 is 21.9 Å². The molecule has 0 aliphatic carbocycles. The van der Waals surface area contributed by atoms with Gasteiger partial charge in [-0.2, -0.15) is 0 Å². The van der Waals surface area contributed by atoms with Crippen LogP contribution in [0.25, 0.3) is 0 Å². The largest absolute Gasteiger partial charge is 0.468 e. The highest BCUT2D eigenvalue weighted by molar-refractivity contribution is 9.10. The van der Waals surface area contributed by atoms with E-state index in [2.05, 4.69) is 26.2 Å². The molecule has 4 nitrogen and oxygen atoms in total. The van der Waals surface area contributed by atoms with Crippen molar-refractivity contribution in [2.75, 3.05) is 13.7 Å². The summed E-state index contributed by atoms with van der Waals surface area (Å²) in [6.45, 7) is 2.80. The fourth-order valence-electron chi connectivity index (χ4n) is 1.33. The minimum Gasteiger partial charge on any atom is -0.468 e. The van der Waals surface area contributed by atoms with Gasteiger partial charge in [0.15, 0.2) is 0 Å². The van der Waals surface area contributed by atoms with Crippen LogP contribution in [0.3, 0.4) is 0 Å². The minimum atomic E-state index is -0.449. The van der Waals surface area contributed by atoms with Gasteiger partial charge >= 0.3 is 5.97 Å². The van der Waals surface area contributed by atoms with Crippen molar-refractivity contribution in [2.45, 2.75) is 19.4 Å². The van der Waals surface area contributed by atoms with Crippen LogP contribution < -0.4 is 5.32 Å². The molecule has 0 fully saturated rings. The van der Waals surface area contributed by atoms with Gasteiger partial charge in [0.1, 0.15) is 6.04 Å². The number of hydrogen-bond donors (Lipinski definition) is 1. The van der Waals surface area contributed by atoms with Gasteiger partial charge in [-0.15, -0.1) is 0 Å². The van der Waals surface area contributed by atoms with Gasteiger partial charge in [-0.3, -0.25) is 4.98 Å². The number of nitrogens with zero attached hydrogens (tertiary/aromatic N) is 1. The van der Waals surface area contributed by atoms with Crippen molar-refractivity contribution in [2.24, 2.45) is 0 Å². The van der Waals surface area contributed by atoms with E-state index in [1.54, 1.807) is 12.4 Å². The zero-order chi connectivity index (χ0) is 12.0. The molecule has 0 aromatic carbocycles. The van der Waals surface area contributed by atoms with E-state index in [0.29, 0.717) is 0 Å². The van der Waals surface area contributed by atoms with Gasteiger partial charge in [-0.1, -0.05) is 6.92 Å². The summed E-state index contributed by atoms with van der Waals surface area (Å²) in [6, 6.07) is 1.41. The van der Waals surface area contributed by atoms with E-state index in [9.17, 15) is 4.79 Å². The highest BCUT2D eigenvalue weighted by Crippen LogP contribution is 2.17. The van der Waals surface area contributed by atoms with Gasteiger partial charge < -0.3 is 10.1 Å². The molecule has 0 saturated carbocycles. The van der Waals surface area contributed by atoms with Crippen LogP contribution in [-0.4, -0.2) is 24.6 Å². The standard InChI is InChI=1S/C11H15BrN2O2/c1-3-4-14-10(11(15)16-2)8-5-9(12)7-13-6-8/h5-7,10,14H,3-4H2,1-2H3. The van der Waals surface area contributed by atoms with E-state index in [1.807, 2.05) is 13.0 Å². The second kappa shape index (κ2) is 6.60. The van der Waals surface area contributed by atoms with Crippen LogP contribution in [0, 0.1) is 0 Å². The van der Waals surface area contributed by atoms with Crippen molar-refractivity contribution in [3.05, 3.63) is 28.5 Å². The molecular weight excluding hydrogens is 272 g/mol. The number of pyridine rings is 1. The summed E-state index contributed by atoms with van der Waals surface area (Å²) in [7, 11) is 1.38. The molecule has 1 heterocycles. The molecule has 1 unspecified atom stereocenters. The van der Waals surface area contributed by atoms with E-state index >= 15 is 0 Å². The number of carbonyl (C=O) groups is 1. The van der Waals surface area contributed by atoms with E-state index < -0.39 is 6.04 Å². The number of methoxy groups -OCH3 is 1. The molecule has 0 bridgehead atoms. The van der Waals surface area contributed by atoms with Gasteiger partial charge in [-0.25, -0.2) is 4.79 Å². The van der Waals surface area contributed by atoms with Crippen LogP contribution >= 0.6 is 15.9 Å². The van der Waals surface area contributed by atoms with Crippen LogP contribution in [-0.2, 0) is 9.53 Å². The van der Waals surface area contributed by atoms with E-state index in [4.69, 9.17) is 4.74 Å². The van der Waals surface area contributed by atoms with Crippen molar-refractivity contribution < 1.29 is 9.53 Å². The Morgan fingerprint density at radius 1 is 1.62 bits per heavy atom. The first-order valence-corrected chi connectivity index (χ1v) is 5.90. The SMILES string of the molecule is CCCNC(C(=O)OC)c1cncc(Br)c1. The molecular formula is C11H15BrN2O2. The molecule has 0 amide bonds. The van der Waals surface area contributed by atoms with Crippen LogP contribution in [0.2, 0.25) is 0 Å². The van der Waals surface area contributed by atoms with Crippen LogP contribution in [0.5, 0.6) is 0 Å². The van der Waals surface area contributed by atoms with E-state index in [0.717, 1.165) is 23.0 Å². The van der Waals surface area contributed by atoms with Crippen molar-refractivity contribution in [1.82, 2.24) is 10.3 Å². The monoisotopic (exact) mass is 286 g/mol. The molecule has 1 aromatic rings. The number of ether oxygens (including phenoxy) is 1. The number of nitrogens with one attached hydrogen (secondary N) is 1. The van der Waals surface area contributed by atoms with Gasteiger partial charge in [0, 0.05) is 16.9 Å². The first-order chi connectivity index (χ1) is 7.69. The molecule has 16 heavy (non-hydrogen) atoms. The van der Waals surface area contributed by atoms with Gasteiger partial charge in [-0.05, 0) is 40.5 Å². The molecule has 1 N–H and O–H groups in total. The Kier molecular flexibility index (Phi) is 5.42. The Morgan fingerprint density at radius 3 is 2.94 bits per heavy atom. The maximum atomic E-state index is 11.6. The third kappa shape index (κ3) is 3.57. The molecule has 1 aromatic heterocycles. The van der Waals surface area contributed by atoms with Crippen molar-refractivity contribution in [1.29, 1.82) is 0 Å². The average Bonchev–Trinajstić information content (AvgIpc) is 2.29. The molecule has 1 rings (SSSR count). The summed E-state index contributed by atoms with van der Waals surface area (Å²) >= 11 is 3.33. The predicted molar refractivity (Wildman–Crippen MR) is 65.0 cm³/mol. The molecule has 0 aliphatic rings. The lowest BCUT2D eigenvalue weighted by atomic mass is 10.1. The summed E-state index contributed by atoms with van der Waals surface area (Å²) in [5.74, 6) is -0.298. The highest BCUT2D eigenvalue weighted by Gasteiger charge is 2.20. The topological polar surface area (TPSA) is 51.2 Å². The second-order valence-corrected chi connectivity index (χ2v) is 4.26. The molecule has 0 spiro atoms. The summed E-state index contributed by atoms with van der Waals surface area (Å²) in [6.07, 6.45) is 4.29. The maximum absolute atomic E-state index is 11.6. The first-order valence-electron chi connectivity index (χ1n) is 5.10. The van der Waals surface area contributed by atoms with Crippen LogP contribution in [0.1, 0.15) is 24.9 Å². The predicted octanol–water partition coefficient (Wildman–Crippen LogP) is 2.06. The number of hydrogen-bond acceptors (Lipinski definition) is 4. The molecule has 0 aliphatic heterocycles. The zero-order valence-corrected chi connectivity index (χ0v) is 11.0. The maximum Gasteiger partial charge on any atom is 0.327 e. The molecule has 88 valence electrons. The lowest BCUT2D eigenvalue weighted by Crippen LogP contribution is -2.30. The summed E-state index contributed by atoms with van der Waals surface area (Å²) < 4.78 is 5.60. The first kappa shape index (κ1) is 13.1. The van der Waals surface area contributed by atoms with Crippen LogP contribution in [0.4, 0.5) is 0 Å². The zero-order valence-electron chi connectivity index (χ0n) is 9.37. The normalized spacial score (nSPS) is 12.2. The van der Waals surface area contributed by atoms with E-state index in [1.165, 1.54) is 7.11 Å². The minimum absolute atomic E-state index is 0.298. The fourth-order valence-corrected chi connectivity index (χ4v) is 1.71. The lowest BCUT2D eigenvalue weighted by molar-refractivity contribution is -0.143. The molecule has 5 heteroatoms. The second-order valence-electron chi connectivity index (χ2n) is 3.35. The Morgan fingerprint density at radius 2 is 2.38 bits per heavy atom. The average molecular weight is 287 g/mol. The Bertz CT molecular complexity index is 358. The number of halogens is 1. The van der Waals surface area contributed by atoms with Crippen LogP contribution in [0.15, 0.2) is 22.9 Å². The summed E-state index contributed by atoms with van der Waals surface area (Å²) in [5, 5.41) is 3.13. The van der Waals surface area contributed by atoms with Gasteiger partial charge in [0.2, 0.25) is 0 Å². The molecule has 0 saturated heterocycles. The molecule has 1 atom stereocenters. The quantitative estimate of drug-likeness (QED) is 0.842. The summed E-state index contributed by atoms with van der Waals surface area (Å²) in [5.41, 5.74) is 0.801. The van der Waals surface area contributed by atoms with E-state index in [-0.39, 0.29) is 5.97 Å². The van der Waals surface area contributed by atoms with Gasteiger partial charge in [0.05, 0.1) is 7.11 Å².